The highest BCUT2D eigenvalue weighted by Gasteiger charge is 2.30. The average Bonchev–Trinajstić information content (AvgIpc) is 3.27. The third kappa shape index (κ3) is 4.37. The zero-order chi connectivity index (χ0) is 22.1. The Labute approximate surface area is 185 Å². The Hall–Kier alpha value is -3.24. The third-order valence-corrected chi connectivity index (χ3v) is 6.17. The highest BCUT2D eigenvalue weighted by atomic mass is 32.1. The van der Waals surface area contributed by atoms with E-state index in [0.29, 0.717) is 29.5 Å². The molecule has 0 saturated heterocycles. The fraction of sp³-hybridized carbons (Fsp3) is 0.227. The summed E-state index contributed by atoms with van der Waals surface area (Å²) >= 11 is 1.43. The molecule has 4 aromatic rings. The Balaban J connectivity index is 1.26. The van der Waals surface area contributed by atoms with Gasteiger partial charge in [-0.1, -0.05) is 12.1 Å². The van der Waals surface area contributed by atoms with E-state index in [-0.39, 0.29) is 0 Å². The Morgan fingerprint density at radius 1 is 0.969 bits per heavy atom. The van der Waals surface area contributed by atoms with E-state index in [0.717, 1.165) is 47.6 Å². The Morgan fingerprint density at radius 3 is 2.50 bits per heavy atom. The van der Waals surface area contributed by atoms with Crippen LogP contribution in [-0.4, -0.2) is 36.4 Å². The molecule has 6 nitrogen and oxygen atoms in total. The number of nitrogens with zero attached hydrogens (tertiary/aromatic N) is 6. The Kier molecular flexibility index (Phi) is 5.40. The summed E-state index contributed by atoms with van der Waals surface area (Å²) < 4.78 is 38.3. The van der Waals surface area contributed by atoms with E-state index < -0.39 is 11.7 Å². The summed E-state index contributed by atoms with van der Waals surface area (Å²) in [6.45, 7) is 2.21. The molecule has 0 atom stereocenters. The molecule has 162 valence electrons. The zero-order valence-electron chi connectivity index (χ0n) is 16.8. The van der Waals surface area contributed by atoms with Crippen molar-refractivity contribution in [1.82, 2.24) is 29.8 Å². The lowest BCUT2D eigenvalue weighted by molar-refractivity contribution is -0.137. The van der Waals surface area contributed by atoms with Gasteiger partial charge in [-0.15, -0.1) is 11.3 Å². The molecule has 1 aromatic carbocycles. The number of rotatable bonds is 4. The first kappa shape index (κ1) is 20.7. The molecule has 0 fully saturated rings. The molecule has 3 aromatic heterocycles. The topological polar surface area (TPSA) is 67.7 Å². The molecule has 0 amide bonds. The normalized spacial score (nSPS) is 14.3. The summed E-state index contributed by atoms with van der Waals surface area (Å²) in [7, 11) is 0. The molecule has 1 aliphatic rings. The second-order valence-electron chi connectivity index (χ2n) is 7.47. The van der Waals surface area contributed by atoms with Crippen LogP contribution >= 0.6 is 11.3 Å². The largest absolute Gasteiger partial charge is 0.416 e. The van der Waals surface area contributed by atoms with Crippen LogP contribution in [0.25, 0.3) is 22.0 Å². The highest BCUT2D eigenvalue weighted by Crippen LogP contribution is 2.32. The molecule has 0 saturated carbocycles. The van der Waals surface area contributed by atoms with Crippen molar-refractivity contribution in [2.75, 3.05) is 6.54 Å². The molecule has 1 aliphatic heterocycles. The van der Waals surface area contributed by atoms with Crippen LogP contribution in [0.15, 0.2) is 54.6 Å². The molecule has 0 unspecified atom stereocenters. The summed E-state index contributed by atoms with van der Waals surface area (Å²) in [6.07, 6.45) is 3.18. The maximum absolute atomic E-state index is 12.8. The summed E-state index contributed by atoms with van der Waals surface area (Å²) in [5.41, 5.74) is 3.82. The van der Waals surface area contributed by atoms with Gasteiger partial charge in [0.15, 0.2) is 5.82 Å². The van der Waals surface area contributed by atoms with Gasteiger partial charge in [0.25, 0.3) is 0 Å². The number of hydrogen-bond donors (Lipinski definition) is 0. The molecule has 0 bridgehead atoms. The number of aromatic nitrogens is 5. The van der Waals surface area contributed by atoms with Crippen molar-refractivity contribution in [3.63, 3.8) is 0 Å². The number of alkyl halides is 3. The minimum Gasteiger partial charge on any atom is -0.293 e. The lowest BCUT2D eigenvalue weighted by atomic mass is 10.1. The number of benzene rings is 1. The Bertz CT molecular complexity index is 1220. The van der Waals surface area contributed by atoms with Gasteiger partial charge in [0.05, 0.1) is 22.5 Å². The fourth-order valence-corrected chi connectivity index (χ4v) is 4.42. The zero-order valence-corrected chi connectivity index (χ0v) is 17.6. The van der Waals surface area contributed by atoms with Gasteiger partial charge in [0.2, 0.25) is 0 Å². The second-order valence-corrected chi connectivity index (χ2v) is 8.33. The molecule has 0 N–H and O–H groups in total. The molecule has 0 spiro atoms. The fourth-order valence-electron chi connectivity index (χ4n) is 3.61. The summed E-state index contributed by atoms with van der Waals surface area (Å²) in [5.74, 6) is 0.624. The minimum atomic E-state index is -4.34. The van der Waals surface area contributed by atoms with Crippen LogP contribution in [0.1, 0.15) is 22.5 Å². The Morgan fingerprint density at radius 2 is 1.75 bits per heavy atom. The standard InChI is InChI=1S/C22H17F3N6S/c23-22(24,25)17-3-1-14(2-4-17)21-29-18(12-32-21)11-31-6-5-19-16(10-31)9-28-20(30-19)15-7-26-13-27-8-15/h1-4,7-9,12-13H,5-6,10-11H2. The van der Waals surface area contributed by atoms with E-state index in [9.17, 15) is 13.2 Å². The van der Waals surface area contributed by atoms with Crippen LogP contribution < -0.4 is 0 Å². The van der Waals surface area contributed by atoms with E-state index >= 15 is 0 Å². The van der Waals surface area contributed by atoms with Gasteiger partial charge in [0.1, 0.15) is 11.3 Å². The lowest BCUT2D eigenvalue weighted by Crippen LogP contribution is -2.31. The molecule has 0 aliphatic carbocycles. The molecule has 0 radical (unpaired) electrons. The lowest BCUT2D eigenvalue weighted by Gasteiger charge is -2.27. The second kappa shape index (κ2) is 8.36. The summed E-state index contributed by atoms with van der Waals surface area (Å²) in [5, 5.41) is 2.67. The maximum Gasteiger partial charge on any atom is 0.416 e. The van der Waals surface area contributed by atoms with Crippen molar-refractivity contribution in [3.05, 3.63) is 77.1 Å². The van der Waals surface area contributed by atoms with E-state index in [4.69, 9.17) is 0 Å². The van der Waals surface area contributed by atoms with E-state index in [1.54, 1.807) is 12.4 Å². The van der Waals surface area contributed by atoms with Crippen LogP contribution in [0.2, 0.25) is 0 Å². The van der Waals surface area contributed by atoms with E-state index in [1.165, 1.54) is 29.8 Å². The smallest absolute Gasteiger partial charge is 0.293 e. The first-order chi connectivity index (χ1) is 15.5. The van der Waals surface area contributed by atoms with Crippen molar-refractivity contribution < 1.29 is 13.2 Å². The van der Waals surface area contributed by atoms with Crippen molar-refractivity contribution in [3.8, 4) is 22.0 Å². The molecule has 5 rings (SSSR count). The SMILES string of the molecule is FC(F)(F)c1ccc(-c2nc(CN3CCc4nc(-c5cncnc5)ncc4C3)cs2)cc1. The number of thiazole rings is 1. The van der Waals surface area contributed by atoms with Crippen LogP contribution in [-0.2, 0) is 25.7 Å². The number of hydrogen-bond acceptors (Lipinski definition) is 7. The molecule has 4 heterocycles. The van der Waals surface area contributed by atoms with Crippen molar-refractivity contribution in [1.29, 1.82) is 0 Å². The predicted molar refractivity (Wildman–Crippen MR) is 113 cm³/mol. The number of fused-ring (bicyclic) bond motifs is 1. The van der Waals surface area contributed by atoms with Crippen LogP contribution in [0, 0.1) is 0 Å². The first-order valence-corrected chi connectivity index (χ1v) is 10.8. The highest BCUT2D eigenvalue weighted by molar-refractivity contribution is 7.13. The predicted octanol–water partition coefficient (Wildman–Crippen LogP) is 4.63. The molecular formula is C22H17F3N6S. The maximum atomic E-state index is 12.8. The van der Waals surface area contributed by atoms with Gasteiger partial charge >= 0.3 is 6.18 Å². The van der Waals surface area contributed by atoms with Crippen molar-refractivity contribution in [2.45, 2.75) is 25.7 Å². The van der Waals surface area contributed by atoms with Gasteiger partial charge < -0.3 is 0 Å². The van der Waals surface area contributed by atoms with Gasteiger partial charge in [-0.2, -0.15) is 13.2 Å². The van der Waals surface area contributed by atoms with E-state index in [1.807, 2.05) is 11.6 Å². The summed E-state index contributed by atoms with van der Waals surface area (Å²) in [6, 6.07) is 5.12. The van der Waals surface area contributed by atoms with Crippen molar-refractivity contribution in [2.24, 2.45) is 0 Å². The van der Waals surface area contributed by atoms with Gasteiger partial charge in [-0.05, 0) is 12.1 Å². The first-order valence-electron chi connectivity index (χ1n) is 9.90. The summed E-state index contributed by atoms with van der Waals surface area (Å²) in [4.78, 5) is 24.1. The molecule has 32 heavy (non-hydrogen) atoms. The van der Waals surface area contributed by atoms with Crippen molar-refractivity contribution >= 4 is 11.3 Å². The minimum absolute atomic E-state index is 0.624. The monoisotopic (exact) mass is 454 g/mol. The van der Waals surface area contributed by atoms with Gasteiger partial charge in [-0.3, -0.25) is 4.90 Å². The third-order valence-electron chi connectivity index (χ3n) is 5.23. The quantitative estimate of drug-likeness (QED) is 0.448. The number of halogens is 3. The van der Waals surface area contributed by atoms with Crippen LogP contribution in [0.4, 0.5) is 13.2 Å². The van der Waals surface area contributed by atoms with Gasteiger partial charge in [-0.25, -0.2) is 24.9 Å². The molecular weight excluding hydrogens is 437 g/mol. The van der Waals surface area contributed by atoms with Crippen LogP contribution in [0.5, 0.6) is 0 Å². The van der Waals surface area contributed by atoms with Crippen LogP contribution in [0.3, 0.4) is 0 Å². The van der Waals surface area contributed by atoms with E-state index in [2.05, 4.69) is 29.8 Å². The molecule has 10 heteroatoms. The average molecular weight is 454 g/mol. The van der Waals surface area contributed by atoms with Gasteiger partial charge in [0, 0.05) is 61.2 Å².